The molecule has 0 radical (unpaired) electrons. The molecule has 0 fully saturated rings. The molecule has 7 heteroatoms. The number of nitrogens with one attached hydrogen (secondary N) is 1. The summed E-state index contributed by atoms with van der Waals surface area (Å²) in [6.07, 6.45) is -0.104. The highest BCUT2D eigenvalue weighted by Crippen LogP contribution is 2.42. The van der Waals surface area contributed by atoms with Gasteiger partial charge in [0.25, 0.3) is 0 Å². The van der Waals surface area contributed by atoms with Gasteiger partial charge in [-0.05, 0) is 52.4 Å². The molecule has 26 heavy (non-hydrogen) atoms. The highest BCUT2D eigenvalue weighted by molar-refractivity contribution is 14.1. The molecule has 0 bridgehead atoms. The molecule has 0 spiro atoms. The van der Waals surface area contributed by atoms with E-state index in [4.69, 9.17) is 14.2 Å². The van der Waals surface area contributed by atoms with Gasteiger partial charge in [-0.15, -0.1) is 0 Å². The zero-order chi connectivity index (χ0) is 18.8. The van der Waals surface area contributed by atoms with Gasteiger partial charge in [0.2, 0.25) is 0 Å². The summed E-state index contributed by atoms with van der Waals surface area (Å²) < 4.78 is 17.3. The molecular weight excluding hydrogens is 449 g/mol. The molecule has 3 rings (SSSR count). The third-order valence-electron chi connectivity index (χ3n) is 4.17. The van der Waals surface area contributed by atoms with Gasteiger partial charge < -0.3 is 24.3 Å². The van der Waals surface area contributed by atoms with E-state index in [0.29, 0.717) is 34.1 Å². The Bertz CT molecular complexity index is 980. The number of H-pyrrole nitrogens is 1. The van der Waals surface area contributed by atoms with Crippen molar-refractivity contribution in [3.05, 3.63) is 39.5 Å². The number of halogens is 1. The lowest BCUT2D eigenvalue weighted by Gasteiger charge is -2.14. The number of carbonyl (C=O) groups is 1. The highest BCUT2D eigenvalue weighted by atomic mass is 127. The second-order valence-electron chi connectivity index (χ2n) is 5.65. The summed E-state index contributed by atoms with van der Waals surface area (Å²) in [5.41, 5.74) is 2.99. The summed E-state index contributed by atoms with van der Waals surface area (Å²) in [5.74, 6) is 0.748. The number of methoxy groups -OCH3 is 3. The van der Waals surface area contributed by atoms with E-state index in [-0.39, 0.29) is 6.42 Å². The van der Waals surface area contributed by atoms with Crippen molar-refractivity contribution >= 4 is 39.5 Å². The predicted octanol–water partition coefficient (Wildman–Crippen LogP) is 4.09. The summed E-state index contributed by atoms with van der Waals surface area (Å²) in [7, 11) is 4.67. The van der Waals surface area contributed by atoms with Gasteiger partial charge in [-0.3, -0.25) is 4.79 Å². The number of carboxylic acids is 1. The number of carboxylic acid groups (broad SMARTS) is 1. The van der Waals surface area contributed by atoms with Crippen molar-refractivity contribution in [3.8, 4) is 28.5 Å². The molecule has 6 nitrogen and oxygen atoms in total. The number of ether oxygens (including phenoxy) is 3. The first-order chi connectivity index (χ1) is 12.5. The van der Waals surface area contributed by atoms with E-state index in [9.17, 15) is 9.90 Å². The quantitative estimate of drug-likeness (QED) is 0.534. The summed E-state index contributed by atoms with van der Waals surface area (Å²) in [6, 6.07) is 9.41. The van der Waals surface area contributed by atoms with Crippen molar-refractivity contribution in [3.63, 3.8) is 0 Å². The van der Waals surface area contributed by atoms with Crippen LogP contribution in [-0.2, 0) is 11.2 Å². The van der Waals surface area contributed by atoms with Crippen molar-refractivity contribution in [1.29, 1.82) is 0 Å². The minimum Gasteiger partial charge on any atom is -0.496 e. The van der Waals surface area contributed by atoms with Gasteiger partial charge in [0.1, 0.15) is 5.75 Å². The van der Waals surface area contributed by atoms with Crippen molar-refractivity contribution in [2.24, 2.45) is 0 Å². The smallest absolute Gasteiger partial charge is 0.307 e. The molecule has 0 aliphatic carbocycles. The molecule has 136 valence electrons. The molecule has 0 saturated carbocycles. The van der Waals surface area contributed by atoms with Crippen LogP contribution in [0.5, 0.6) is 17.2 Å². The monoisotopic (exact) mass is 467 g/mol. The van der Waals surface area contributed by atoms with Crippen LogP contribution in [0.2, 0.25) is 0 Å². The van der Waals surface area contributed by atoms with E-state index in [0.717, 1.165) is 14.5 Å². The number of aromatic nitrogens is 1. The fourth-order valence-corrected chi connectivity index (χ4v) is 3.50. The topological polar surface area (TPSA) is 80.8 Å². The molecule has 3 aromatic rings. The van der Waals surface area contributed by atoms with Crippen LogP contribution in [0.25, 0.3) is 22.2 Å². The zero-order valence-electron chi connectivity index (χ0n) is 14.6. The third kappa shape index (κ3) is 3.31. The number of aromatic amines is 1. The Morgan fingerprint density at radius 3 is 2.31 bits per heavy atom. The van der Waals surface area contributed by atoms with E-state index in [1.54, 1.807) is 33.5 Å². The Labute approximate surface area is 164 Å². The molecule has 1 aromatic heterocycles. The number of benzene rings is 2. The van der Waals surface area contributed by atoms with Gasteiger partial charge in [0.15, 0.2) is 11.5 Å². The van der Waals surface area contributed by atoms with Crippen LogP contribution in [0.1, 0.15) is 5.56 Å². The Kier molecular flexibility index (Phi) is 5.26. The molecule has 2 N–H and O–H groups in total. The Morgan fingerprint density at radius 1 is 1.04 bits per heavy atom. The lowest BCUT2D eigenvalue weighted by molar-refractivity contribution is -0.136. The van der Waals surface area contributed by atoms with Crippen molar-refractivity contribution in [1.82, 2.24) is 4.98 Å². The fraction of sp³-hybridized carbons (Fsp3) is 0.211. The van der Waals surface area contributed by atoms with E-state index >= 15 is 0 Å². The lowest BCUT2D eigenvalue weighted by Crippen LogP contribution is -2.02. The maximum atomic E-state index is 11.5. The maximum absolute atomic E-state index is 11.5. The molecule has 0 amide bonds. The minimum atomic E-state index is -0.898. The standard InChI is InChI=1S/C19H18INO5/c1-24-15-9-17(26-3)16(25-2)7-13(15)19-12(8-18(22)23)11-6-10(20)4-5-14(11)21-19/h4-7,9,21H,8H2,1-3H3,(H,22,23). The Hall–Kier alpha value is -2.42. The van der Waals surface area contributed by atoms with E-state index in [1.165, 1.54) is 0 Å². The maximum Gasteiger partial charge on any atom is 0.307 e. The molecular formula is C19H18INO5. The largest absolute Gasteiger partial charge is 0.496 e. The van der Waals surface area contributed by atoms with Crippen LogP contribution in [0.15, 0.2) is 30.3 Å². The van der Waals surface area contributed by atoms with Crippen LogP contribution in [0, 0.1) is 3.57 Å². The Morgan fingerprint density at radius 2 is 1.69 bits per heavy atom. The molecule has 0 unspecified atom stereocenters. The van der Waals surface area contributed by atoms with Gasteiger partial charge in [-0.1, -0.05) is 0 Å². The first-order valence-corrected chi connectivity index (χ1v) is 8.88. The first kappa shape index (κ1) is 18.4. The average molecular weight is 467 g/mol. The highest BCUT2D eigenvalue weighted by Gasteiger charge is 2.21. The van der Waals surface area contributed by atoms with E-state index < -0.39 is 5.97 Å². The first-order valence-electron chi connectivity index (χ1n) is 7.80. The number of hydrogen-bond acceptors (Lipinski definition) is 4. The second-order valence-corrected chi connectivity index (χ2v) is 6.89. The third-order valence-corrected chi connectivity index (χ3v) is 4.84. The SMILES string of the molecule is COc1cc(OC)c(-c2[nH]c3ccc(I)cc3c2CC(=O)O)cc1OC. The van der Waals surface area contributed by atoms with Crippen LogP contribution >= 0.6 is 22.6 Å². The predicted molar refractivity (Wildman–Crippen MR) is 107 cm³/mol. The van der Waals surface area contributed by atoms with Crippen molar-refractivity contribution in [2.45, 2.75) is 6.42 Å². The van der Waals surface area contributed by atoms with Gasteiger partial charge in [0, 0.05) is 26.1 Å². The van der Waals surface area contributed by atoms with Crippen molar-refractivity contribution < 1.29 is 24.1 Å². The van der Waals surface area contributed by atoms with Gasteiger partial charge >= 0.3 is 5.97 Å². The van der Waals surface area contributed by atoms with Crippen LogP contribution in [-0.4, -0.2) is 37.4 Å². The van der Waals surface area contributed by atoms with Crippen LogP contribution in [0.4, 0.5) is 0 Å². The fourth-order valence-electron chi connectivity index (χ4n) is 3.01. The molecule has 0 saturated heterocycles. The van der Waals surface area contributed by atoms with E-state index in [1.807, 2.05) is 18.2 Å². The molecule has 1 heterocycles. The molecule has 0 aliphatic rings. The van der Waals surface area contributed by atoms with E-state index in [2.05, 4.69) is 27.6 Å². The summed E-state index contributed by atoms with van der Waals surface area (Å²) in [4.78, 5) is 14.8. The lowest BCUT2D eigenvalue weighted by atomic mass is 10.0. The number of fused-ring (bicyclic) bond motifs is 1. The summed E-state index contributed by atoms with van der Waals surface area (Å²) in [6.45, 7) is 0. The van der Waals surface area contributed by atoms with Gasteiger partial charge in [-0.2, -0.15) is 0 Å². The number of rotatable bonds is 6. The summed E-state index contributed by atoms with van der Waals surface area (Å²) >= 11 is 2.21. The van der Waals surface area contributed by atoms with Crippen molar-refractivity contribution in [2.75, 3.05) is 21.3 Å². The minimum absolute atomic E-state index is 0.104. The molecule has 0 aliphatic heterocycles. The second kappa shape index (κ2) is 7.45. The Balaban J connectivity index is 2.32. The van der Waals surface area contributed by atoms with Gasteiger partial charge in [0.05, 0.1) is 33.4 Å². The normalized spacial score (nSPS) is 10.8. The van der Waals surface area contributed by atoms with Crippen LogP contribution < -0.4 is 14.2 Å². The van der Waals surface area contributed by atoms with Crippen LogP contribution in [0.3, 0.4) is 0 Å². The summed E-state index contributed by atoms with van der Waals surface area (Å²) in [5, 5.41) is 10.3. The zero-order valence-corrected chi connectivity index (χ0v) is 16.7. The molecule has 0 atom stereocenters. The average Bonchev–Trinajstić information content (AvgIpc) is 2.97. The van der Waals surface area contributed by atoms with Gasteiger partial charge in [-0.25, -0.2) is 0 Å². The molecule has 2 aromatic carbocycles. The number of hydrogen-bond donors (Lipinski definition) is 2. The number of aliphatic carboxylic acids is 1.